The first-order chi connectivity index (χ1) is 15.1. The zero-order valence-electron chi connectivity index (χ0n) is 17.8. The molecule has 1 aliphatic carbocycles. The molecular formula is C25H25NO5. The Morgan fingerprint density at radius 1 is 0.968 bits per heavy atom. The lowest BCUT2D eigenvalue weighted by atomic mass is 9.97. The zero-order chi connectivity index (χ0) is 21.8. The number of esters is 1. The van der Waals surface area contributed by atoms with Gasteiger partial charge in [0, 0.05) is 11.1 Å². The van der Waals surface area contributed by atoms with Crippen LogP contribution in [-0.2, 0) is 17.6 Å². The van der Waals surface area contributed by atoms with Gasteiger partial charge in [0.2, 0.25) is 5.78 Å². The standard InChI is InChI=1S/C25H25NO5/c1-29-16-12-13-23(30-2)19(14-16)22(27)15-31-25(28)24-17-8-4-3-5-10-20(17)26-21-11-7-6-9-18(21)24/h6-7,9,11-14H,3-5,8,10,15H2,1-2H3. The molecule has 0 unspecified atom stereocenters. The van der Waals surface area contributed by atoms with E-state index in [4.69, 9.17) is 19.2 Å². The lowest BCUT2D eigenvalue weighted by Crippen LogP contribution is -2.18. The highest BCUT2D eigenvalue weighted by atomic mass is 16.5. The molecule has 6 heteroatoms. The molecule has 3 aromatic rings. The van der Waals surface area contributed by atoms with E-state index >= 15 is 0 Å². The molecule has 0 bridgehead atoms. The number of methoxy groups -OCH3 is 2. The van der Waals surface area contributed by atoms with Crippen molar-refractivity contribution in [1.82, 2.24) is 4.98 Å². The van der Waals surface area contributed by atoms with Gasteiger partial charge in [-0.3, -0.25) is 9.78 Å². The van der Waals surface area contributed by atoms with Gasteiger partial charge in [0.15, 0.2) is 6.61 Å². The lowest BCUT2D eigenvalue weighted by molar-refractivity contribution is 0.0474. The number of pyridine rings is 1. The molecule has 0 aliphatic heterocycles. The number of nitrogens with zero attached hydrogens (tertiary/aromatic N) is 1. The fraction of sp³-hybridized carbons (Fsp3) is 0.320. The van der Waals surface area contributed by atoms with Gasteiger partial charge in [0.25, 0.3) is 0 Å². The van der Waals surface area contributed by atoms with Gasteiger partial charge in [-0.2, -0.15) is 0 Å². The number of carbonyl (C=O) groups is 2. The quantitative estimate of drug-likeness (QED) is 0.331. The van der Waals surface area contributed by atoms with Crippen molar-refractivity contribution in [2.24, 2.45) is 0 Å². The number of ether oxygens (including phenoxy) is 3. The maximum absolute atomic E-state index is 13.2. The molecule has 1 heterocycles. The Balaban J connectivity index is 1.64. The van der Waals surface area contributed by atoms with Crippen LogP contribution in [0.3, 0.4) is 0 Å². The number of carbonyl (C=O) groups excluding carboxylic acids is 2. The number of rotatable bonds is 6. The topological polar surface area (TPSA) is 74.7 Å². The highest BCUT2D eigenvalue weighted by Crippen LogP contribution is 2.30. The van der Waals surface area contributed by atoms with Crippen molar-refractivity contribution < 1.29 is 23.8 Å². The Morgan fingerprint density at radius 3 is 2.58 bits per heavy atom. The molecule has 6 nitrogen and oxygen atoms in total. The highest BCUT2D eigenvalue weighted by Gasteiger charge is 2.24. The number of ketones is 1. The molecule has 0 amide bonds. The summed E-state index contributed by atoms with van der Waals surface area (Å²) in [5, 5.41) is 0.763. The van der Waals surface area contributed by atoms with Crippen molar-refractivity contribution in [3.05, 3.63) is 64.8 Å². The summed E-state index contributed by atoms with van der Waals surface area (Å²) in [5.41, 5.74) is 3.54. The molecule has 31 heavy (non-hydrogen) atoms. The van der Waals surface area contributed by atoms with Crippen LogP contribution in [0.5, 0.6) is 11.5 Å². The maximum atomic E-state index is 13.2. The molecule has 1 aromatic heterocycles. The van der Waals surface area contributed by atoms with E-state index in [0.29, 0.717) is 22.6 Å². The van der Waals surface area contributed by atoms with Crippen LogP contribution in [0.25, 0.3) is 10.9 Å². The van der Waals surface area contributed by atoms with E-state index in [-0.39, 0.29) is 12.4 Å². The summed E-state index contributed by atoms with van der Waals surface area (Å²) in [6, 6.07) is 12.5. The van der Waals surface area contributed by atoms with Crippen LogP contribution in [0.15, 0.2) is 42.5 Å². The van der Waals surface area contributed by atoms with Gasteiger partial charge in [-0.15, -0.1) is 0 Å². The van der Waals surface area contributed by atoms with Crippen LogP contribution >= 0.6 is 0 Å². The second kappa shape index (κ2) is 9.16. The molecule has 0 N–H and O–H groups in total. The van der Waals surface area contributed by atoms with Crippen LogP contribution < -0.4 is 9.47 Å². The van der Waals surface area contributed by atoms with Gasteiger partial charge in [-0.25, -0.2) is 4.79 Å². The molecule has 2 aromatic carbocycles. The van der Waals surface area contributed by atoms with E-state index in [9.17, 15) is 9.59 Å². The summed E-state index contributed by atoms with van der Waals surface area (Å²) >= 11 is 0. The van der Waals surface area contributed by atoms with E-state index in [1.807, 2.05) is 24.3 Å². The van der Waals surface area contributed by atoms with Crippen LogP contribution in [0.1, 0.15) is 51.2 Å². The second-order valence-corrected chi connectivity index (χ2v) is 7.56. The fourth-order valence-corrected chi connectivity index (χ4v) is 4.10. The van der Waals surface area contributed by atoms with E-state index in [0.717, 1.165) is 54.3 Å². The monoisotopic (exact) mass is 419 g/mol. The molecule has 0 spiro atoms. The summed E-state index contributed by atoms with van der Waals surface area (Å²) < 4.78 is 16.0. The molecule has 4 rings (SSSR count). The van der Waals surface area contributed by atoms with Crippen molar-refractivity contribution in [3.8, 4) is 11.5 Å². The van der Waals surface area contributed by atoms with Crippen molar-refractivity contribution in [1.29, 1.82) is 0 Å². The smallest absolute Gasteiger partial charge is 0.339 e. The minimum Gasteiger partial charge on any atom is -0.497 e. The predicted octanol–water partition coefficient (Wildman–Crippen LogP) is 4.56. The third kappa shape index (κ3) is 4.24. The fourth-order valence-electron chi connectivity index (χ4n) is 4.10. The van der Waals surface area contributed by atoms with Crippen LogP contribution in [0.4, 0.5) is 0 Å². The molecule has 0 saturated heterocycles. The first-order valence-electron chi connectivity index (χ1n) is 10.4. The second-order valence-electron chi connectivity index (χ2n) is 7.56. The average molecular weight is 419 g/mol. The number of fused-ring (bicyclic) bond motifs is 2. The van der Waals surface area contributed by atoms with Crippen molar-refractivity contribution >= 4 is 22.7 Å². The van der Waals surface area contributed by atoms with Gasteiger partial charge >= 0.3 is 5.97 Å². The number of aromatic nitrogens is 1. The molecule has 0 radical (unpaired) electrons. The van der Waals surface area contributed by atoms with E-state index in [1.165, 1.54) is 14.2 Å². The minimum atomic E-state index is -0.494. The summed E-state index contributed by atoms with van der Waals surface area (Å²) in [5.74, 6) is 0.0894. The maximum Gasteiger partial charge on any atom is 0.339 e. The number of hydrogen-bond acceptors (Lipinski definition) is 6. The number of aryl methyl sites for hydroxylation is 1. The highest BCUT2D eigenvalue weighted by molar-refractivity contribution is 6.07. The normalized spacial score (nSPS) is 13.2. The van der Waals surface area contributed by atoms with Gasteiger partial charge in [-0.1, -0.05) is 24.6 Å². The number of benzene rings is 2. The Hall–Kier alpha value is -3.41. The van der Waals surface area contributed by atoms with E-state index in [2.05, 4.69) is 0 Å². The third-order valence-corrected chi connectivity index (χ3v) is 5.66. The van der Waals surface area contributed by atoms with Crippen LogP contribution in [-0.4, -0.2) is 37.6 Å². The number of Topliss-reactive ketones (excluding diaryl/α,β-unsaturated/α-hetero) is 1. The minimum absolute atomic E-state index is 0.313. The number of hydrogen-bond donors (Lipinski definition) is 0. The van der Waals surface area contributed by atoms with E-state index in [1.54, 1.807) is 18.2 Å². The first kappa shape index (κ1) is 20.8. The molecule has 1 aliphatic rings. The summed E-state index contributed by atoms with van der Waals surface area (Å²) in [7, 11) is 3.01. The van der Waals surface area contributed by atoms with Crippen molar-refractivity contribution in [2.45, 2.75) is 32.1 Å². The largest absolute Gasteiger partial charge is 0.497 e. The van der Waals surface area contributed by atoms with E-state index < -0.39 is 5.97 Å². The van der Waals surface area contributed by atoms with Crippen LogP contribution in [0, 0.1) is 0 Å². The van der Waals surface area contributed by atoms with Gasteiger partial charge in [0.1, 0.15) is 11.5 Å². The third-order valence-electron chi connectivity index (χ3n) is 5.66. The summed E-state index contributed by atoms with van der Waals surface area (Å²) in [6.07, 6.45) is 4.80. The molecule has 160 valence electrons. The van der Waals surface area contributed by atoms with Crippen molar-refractivity contribution in [2.75, 3.05) is 20.8 Å². The van der Waals surface area contributed by atoms with Crippen LogP contribution in [0.2, 0.25) is 0 Å². The summed E-state index contributed by atoms with van der Waals surface area (Å²) in [4.78, 5) is 30.8. The molecule has 0 atom stereocenters. The number of para-hydroxylation sites is 1. The Morgan fingerprint density at radius 2 is 1.77 bits per heavy atom. The molecule has 0 fully saturated rings. The SMILES string of the molecule is COc1ccc(OC)c(C(=O)COC(=O)c2c3c(nc4ccccc24)CCCCC3)c1. The first-order valence-corrected chi connectivity index (χ1v) is 10.4. The Labute approximate surface area is 181 Å². The average Bonchev–Trinajstić information content (AvgIpc) is 3.05. The lowest BCUT2D eigenvalue weighted by Gasteiger charge is -2.15. The molecular weight excluding hydrogens is 394 g/mol. The summed E-state index contributed by atoms with van der Waals surface area (Å²) in [6.45, 7) is -0.381. The van der Waals surface area contributed by atoms with Gasteiger partial charge in [0.05, 0.1) is 30.9 Å². The Bertz CT molecular complexity index is 1140. The van der Waals surface area contributed by atoms with Gasteiger partial charge in [-0.05, 0) is 55.5 Å². The zero-order valence-corrected chi connectivity index (χ0v) is 17.8. The predicted molar refractivity (Wildman–Crippen MR) is 117 cm³/mol. The van der Waals surface area contributed by atoms with Crippen molar-refractivity contribution in [3.63, 3.8) is 0 Å². The Kier molecular flexibility index (Phi) is 6.16. The molecule has 0 saturated carbocycles. The van der Waals surface area contributed by atoms with Gasteiger partial charge < -0.3 is 14.2 Å².